The van der Waals surface area contributed by atoms with Gasteiger partial charge < -0.3 is 10.5 Å². The number of amides is 1. The number of ether oxygens (including phenoxy) is 1. The van der Waals surface area contributed by atoms with E-state index in [0.29, 0.717) is 0 Å². The van der Waals surface area contributed by atoms with E-state index >= 15 is 0 Å². The summed E-state index contributed by atoms with van der Waals surface area (Å²) >= 11 is 0. The molecule has 1 aromatic carbocycles. The average molecular weight is 265 g/mol. The number of nitrogens with one attached hydrogen (secondary N) is 1. The lowest BCUT2D eigenvalue weighted by molar-refractivity contribution is -0.125. The molecular formula is C14H23N3O2. The van der Waals surface area contributed by atoms with Gasteiger partial charge in [-0.25, -0.2) is 5.01 Å². The Morgan fingerprint density at radius 3 is 2.53 bits per heavy atom. The van der Waals surface area contributed by atoms with Crippen LogP contribution in [0.25, 0.3) is 0 Å². The maximum absolute atomic E-state index is 11.7. The molecule has 0 saturated carbocycles. The van der Waals surface area contributed by atoms with Crippen molar-refractivity contribution in [2.24, 2.45) is 5.73 Å². The van der Waals surface area contributed by atoms with E-state index in [4.69, 9.17) is 10.5 Å². The number of rotatable bonds is 5. The molecule has 1 atom stereocenters. The van der Waals surface area contributed by atoms with Gasteiger partial charge in [0, 0.05) is 26.6 Å². The number of carbonyl (C=O) groups excluding carboxylic acids is 1. The summed E-state index contributed by atoms with van der Waals surface area (Å²) in [6.45, 7) is 3.99. The first-order valence-electron chi connectivity index (χ1n) is 6.23. The van der Waals surface area contributed by atoms with Crippen molar-refractivity contribution in [3.63, 3.8) is 0 Å². The summed E-state index contributed by atoms with van der Waals surface area (Å²) < 4.78 is 5.27. The Morgan fingerprint density at radius 1 is 1.37 bits per heavy atom. The number of nitrogens with two attached hydrogens (primary N) is 1. The van der Waals surface area contributed by atoms with Crippen LogP contribution in [0.4, 0.5) is 0 Å². The van der Waals surface area contributed by atoms with Crippen LogP contribution < -0.4 is 15.9 Å². The summed E-state index contributed by atoms with van der Waals surface area (Å²) in [5.41, 5.74) is 11.9. The third kappa shape index (κ3) is 3.94. The Labute approximate surface area is 114 Å². The highest BCUT2D eigenvalue weighted by Gasteiger charge is 2.16. The van der Waals surface area contributed by atoms with Crippen molar-refractivity contribution in [3.8, 4) is 5.75 Å². The van der Waals surface area contributed by atoms with E-state index in [9.17, 15) is 4.79 Å². The van der Waals surface area contributed by atoms with E-state index in [1.54, 1.807) is 26.2 Å². The monoisotopic (exact) mass is 265 g/mol. The van der Waals surface area contributed by atoms with E-state index in [2.05, 4.69) is 5.43 Å². The molecule has 106 valence electrons. The van der Waals surface area contributed by atoms with Crippen molar-refractivity contribution in [3.05, 3.63) is 28.8 Å². The van der Waals surface area contributed by atoms with Crippen LogP contribution in [0.15, 0.2) is 12.1 Å². The van der Waals surface area contributed by atoms with Gasteiger partial charge in [-0.2, -0.15) is 0 Å². The largest absolute Gasteiger partial charge is 0.496 e. The number of nitrogens with zero attached hydrogens (tertiary/aromatic N) is 1. The molecule has 0 aliphatic rings. The summed E-state index contributed by atoms with van der Waals surface area (Å²) in [4.78, 5) is 11.7. The Morgan fingerprint density at radius 2 is 2.00 bits per heavy atom. The first-order valence-corrected chi connectivity index (χ1v) is 6.23. The van der Waals surface area contributed by atoms with Gasteiger partial charge in [-0.1, -0.05) is 6.07 Å². The number of hydrogen-bond acceptors (Lipinski definition) is 4. The summed E-state index contributed by atoms with van der Waals surface area (Å²) in [5.74, 6) is 0.747. The minimum atomic E-state index is -0.315. The van der Waals surface area contributed by atoms with Crippen LogP contribution in [-0.2, 0) is 4.79 Å². The maximum atomic E-state index is 11.7. The van der Waals surface area contributed by atoms with Crippen molar-refractivity contribution in [1.29, 1.82) is 0 Å². The minimum absolute atomic E-state index is 0.0922. The van der Waals surface area contributed by atoms with Gasteiger partial charge in [-0.15, -0.1) is 0 Å². The minimum Gasteiger partial charge on any atom is -0.496 e. The lowest BCUT2D eigenvalue weighted by atomic mass is 9.95. The molecule has 1 aromatic rings. The van der Waals surface area contributed by atoms with Gasteiger partial charge in [-0.3, -0.25) is 10.2 Å². The number of benzene rings is 1. The molecule has 0 aliphatic carbocycles. The molecule has 19 heavy (non-hydrogen) atoms. The molecular weight excluding hydrogens is 242 g/mol. The van der Waals surface area contributed by atoms with Crippen LogP contribution in [0.5, 0.6) is 5.75 Å². The Kier molecular flexibility index (Phi) is 5.32. The zero-order valence-corrected chi connectivity index (χ0v) is 12.3. The third-order valence-electron chi connectivity index (χ3n) is 3.15. The van der Waals surface area contributed by atoms with Crippen molar-refractivity contribution >= 4 is 5.91 Å². The molecule has 0 aliphatic heterocycles. The van der Waals surface area contributed by atoms with E-state index in [-0.39, 0.29) is 18.4 Å². The second kappa shape index (κ2) is 6.54. The lowest BCUT2D eigenvalue weighted by Crippen LogP contribution is -2.37. The summed E-state index contributed by atoms with van der Waals surface area (Å²) in [7, 11) is 5.18. The molecule has 0 fully saturated rings. The molecule has 0 aromatic heterocycles. The van der Waals surface area contributed by atoms with Crippen molar-refractivity contribution in [2.45, 2.75) is 26.3 Å². The fraction of sp³-hybridized carbons (Fsp3) is 0.500. The number of hydrogen-bond donors (Lipinski definition) is 2. The molecule has 0 saturated heterocycles. The molecule has 0 heterocycles. The van der Waals surface area contributed by atoms with E-state index in [0.717, 1.165) is 22.4 Å². The third-order valence-corrected chi connectivity index (χ3v) is 3.15. The topological polar surface area (TPSA) is 67.6 Å². The molecule has 5 heteroatoms. The molecule has 0 spiro atoms. The standard InChI is InChI=1S/C14H23N3O2/c1-9-10(2)13(19-5)7-6-11(9)12(15)8-14(18)16-17(3)4/h6-7,12H,8,15H2,1-5H3,(H,16,18). The predicted molar refractivity (Wildman–Crippen MR) is 75.8 cm³/mol. The highest BCUT2D eigenvalue weighted by molar-refractivity contribution is 5.76. The molecule has 1 unspecified atom stereocenters. The molecule has 5 nitrogen and oxygen atoms in total. The van der Waals surface area contributed by atoms with Gasteiger partial charge in [0.1, 0.15) is 5.75 Å². The highest BCUT2D eigenvalue weighted by Crippen LogP contribution is 2.27. The van der Waals surface area contributed by atoms with Gasteiger partial charge in [0.2, 0.25) is 5.91 Å². The van der Waals surface area contributed by atoms with Crippen LogP contribution in [-0.4, -0.2) is 32.1 Å². The quantitative estimate of drug-likeness (QED) is 0.787. The number of hydrazine groups is 1. The summed E-state index contributed by atoms with van der Waals surface area (Å²) in [6.07, 6.45) is 0.255. The van der Waals surface area contributed by atoms with Gasteiger partial charge in [0.15, 0.2) is 0 Å². The van der Waals surface area contributed by atoms with Crippen LogP contribution in [0.3, 0.4) is 0 Å². The van der Waals surface area contributed by atoms with Crippen molar-refractivity contribution < 1.29 is 9.53 Å². The van der Waals surface area contributed by atoms with Gasteiger partial charge in [0.25, 0.3) is 0 Å². The molecule has 1 rings (SSSR count). The summed E-state index contributed by atoms with van der Waals surface area (Å²) in [6, 6.07) is 3.50. The zero-order chi connectivity index (χ0) is 14.6. The van der Waals surface area contributed by atoms with E-state index in [1.807, 2.05) is 26.0 Å². The molecule has 0 radical (unpaired) electrons. The Bertz CT molecular complexity index is 458. The Hall–Kier alpha value is -1.59. The highest BCUT2D eigenvalue weighted by atomic mass is 16.5. The zero-order valence-electron chi connectivity index (χ0n) is 12.3. The molecule has 0 bridgehead atoms. The maximum Gasteiger partial charge on any atom is 0.236 e. The van der Waals surface area contributed by atoms with Gasteiger partial charge in [-0.05, 0) is 36.6 Å². The first-order chi connectivity index (χ1) is 8.86. The lowest BCUT2D eigenvalue weighted by Gasteiger charge is -2.19. The predicted octanol–water partition coefficient (Wildman–Crippen LogP) is 1.29. The van der Waals surface area contributed by atoms with E-state index < -0.39 is 0 Å². The summed E-state index contributed by atoms with van der Waals surface area (Å²) in [5, 5.41) is 1.61. The van der Waals surface area contributed by atoms with Crippen molar-refractivity contribution in [2.75, 3.05) is 21.2 Å². The SMILES string of the molecule is COc1ccc(C(N)CC(=O)NN(C)C)c(C)c1C. The first kappa shape index (κ1) is 15.5. The number of methoxy groups -OCH3 is 1. The second-order valence-corrected chi connectivity index (χ2v) is 4.85. The average Bonchev–Trinajstić information content (AvgIpc) is 2.31. The number of carbonyl (C=O) groups is 1. The van der Waals surface area contributed by atoms with Crippen LogP contribution in [0.2, 0.25) is 0 Å². The van der Waals surface area contributed by atoms with Gasteiger partial charge >= 0.3 is 0 Å². The Balaban J connectivity index is 2.86. The normalized spacial score (nSPS) is 12.4. The molecule has 1 amide bonds. The fourth-order valence-corrected chi connectivity index (χ4v) is 2.04. The van der Waals surface area contributed by atoms with Gasteiger partial charge in [0.05, 0.1) is 7.11 Å². The van der Waals surface area contributed by atoms with E-state index in [1.165, 1.54) is 0 Å². The fourth-order valence-electron chi connectivity index (χ4n) is 2.04. The smallest absolute Gasteiger partial charge is 0.236 e. The van der Waals surface area contributed by atoms with Crippen molar-refractivity contribution in [1.82, 2.24) is 10.4 Å². The van der Waals surface area contributed by atoms with Crippen LogP contribution >= 0.6 is 0 Å². The van der Waals surface area contributed by atoms with Crippen LogP contribution in [0, 0.1) is 13.8 Å². The molecule has 3 N–H and O–H groups in total. The second-order valence-electron chi connectivity index (χ2n) is 4.85. The van der Waals surface area contributed by atoms with Crippen LogP contribution in [0.1, 0.15) is 29.2 Å².